The molecule has 0 saturated heterocycles. The molecule has 0 atom stereocenters. The van der Waals surface area contributed by atoms with Crippen LogP contribution in [-0.4, -0.2) is 31.2 Å². The summed E-state index contributed by atoms with van der Waals surface area (Å²) in [5.74, 6) is 0. The van der Waals surface area contributed by atoms with Crippen molar-refractivity contribution in [1.29, 1.82) is 0 Å². The smallest absolute Gasteiger partial charge is 0.0599 e. The fourth-order valence-electron chi connectivity index (χ4n) is 3.54. The van der Waals surface area contributed by atoms with E-state index in [2.05, 4.69) is 54.9 Å². The standard InChI is InChI=1S/C18H32N2Si/c1-21(2,3)16-20(14-17-10-6-4-7-11-17)15-18(19)12-8-5-9-13-18/h4,6-7,10-11H,5,8-9,12-16,19H2,1-3H3. The summed E-state index contributed by atoms with van der Waals surface area (Å²) in [6, 6.07) is 10.8. The quantitative estimate of drug-likeness (QED) is 0.804. The van der Waals surface area contributed by atoms with E-state index in [1.165, 1.54) is 43.8 Å². The Morgan fingerprint density at radius 1 is 1.05 bits per heavy atom. The van der Waals surface area contributed by atoms with Crippen molar-refractivity contribution < 1.29 is 0 Å². The Labute approximate surface area is 131 Å². The maximum Gasteiger partial charge on any atom is 0.0599 e. The molecule has 118 valence electrons. The topological polar surface area (TPSA) is 29.3 Å². The maximum atomic E-state index is 6.71. The van der Waals surface area contributed by atoms with E-state index in [4.69, 9.17) is 5.73 Å². The minimum Gasteiger partial charge on any atom is -0.324 e. The molecule has 0 unspecified atom stereocenters. The lowest BCUT2D eigenvalue weighted by Gasteiger charge is -2.40. The Hall–Kier alpha value is -0.643. The highest BCUT2D eigenvalue weighted by Gasteiger charge is 2.31. The van der Waals surface area contributed by atoms with E-state index in [0.29, 0.717) is 0 Å². The third-order valence-corrected chi connectivity index (χ3v) is 5.73. The molecular weight excluding hydrogens is 272 g/mol. The molecule has 2 N–H and O–H groups in total. The summed E-state index contributed by atoms with van der Waals surface area (Å²) < 4.78 is 0. The van der Waals surface area contributed by atoms with Gasteiger partial charge < -0.3 is 10.6 Å². The van der Waals surface area contributed by atoms with Crippen LogP contribution in [-0.2, 0) is 6.54 Å². The number of nitrogens with zero attached hydrogens (tertiary/aromatic N) is 1. The van der Waals surface area contributed by atoms with E-state index in [0.717, 1.165) is 13.1 Å². The highest BCUT2D eigenvalue weighted by Crippen LogP contribution is 2.27. The Morgan fingerprint density at radius 2 is 1.67 bits per heavy atom. The molecule has 0 bridgehead atoms. The normalized spacial score (nSPS) is 18.9. The summed E-state index contributed by atoms with van der Waals surface area (Å²) in [6.07, 6.45) is 7.62. The fraction of sp³-hybridized carbons (Fsp3) is 0.667. The number of hydrogen-bond acceptors (Lipinski definition) is 2. The van der Waals surface area contributed by atoms with E-state index in [1.807, 2.05) is 0 Å². The van der Waals surface area contributed by atoms with Crippen molar-refractivity contribution in [3.63, 3.8) is 0 Å². The first-order chi connectivity index (χ1) is 9.86. The van der Waals surface area contributed by atoms with Crippen LogP contribution in [0.1, 0.15) is 37.7 Å². The number of benzene rings is 1. The second-order valence-corrected chi connectivity index (χ2v) is 13.6. The summed E-state index contributed by atoms with van der Waals surface area (Å²) in [5, 5.41) is 0. The molecule has 1 aromatic rings. The summed E-state index contributed by atoms with van der Waals surface area (Å²) in [5.41, 5.74) is 8.17. The molecule has 1 aromatic carbocycles. The van der Waals surface area contributed by atoms with Crippen molar-refractivity contribution in [2.75, 3.05) is 12.7 Å². The monoisotopic (exact) mass is 304 g/mol. The molecule has 0 heterocycles. The average Bonchev–Trinajstić information content (AvgIpc) is 2.38. The van der Waals surface area contributed by atoms with Crippen molar-refractivity contribution in [3.05, 3.63) is 35.9 Å². The lowest BCUT2D eigenvalue weighted by molar-refractivity contribution is 0.183. The summed E-state index contributed by atoms with van der Waals surface area (Å²) in [6.45, 7) is 9.47. The van der Waals surface area contributed by atoms with Gasteiger partial charge in [0.1, 0.15) is 0 Å². The van der Waals surface area contributed by atoms with E-state index in [9.17, 15) is 0 Å². The fourth-order valence-corrected chi connectivity index (χ4v) is 5.10. The minimum absolute atomic E-state index is 0.0483. The molecule has 1 aliphatic rings. The predicted octanol–water partition coefficient (Wildman–Crippen LogP) is 4.03. The van der Waals surface area contributed by atoms with Gasteiger partial charge in [-0.2, -0.15) is 0 Å². The van der Waals surface area contributed by atoms with Crippen LogP contribution in [0.15, 0.2) is 30.3 Å². The van der Waals surface area contributed by atoms with E-state index >= 15 is 0 Å². The molecule has 0 radical (unpaired) electrons. The van der Waals surface area contributed by atoms with Crippen molar-refractivity contribution in [1.82, 2.24) is 4.90 Å². The Balaban J connectivity index is 2.04. The number of hydrogen-bond donors (Lipinski definition) is 1. The SMILES string of the molecule is C[Si](C)(C)CN(Cc1ccccc1)CC1(N)CCCCC1. The molecule has 1 saturated carbocycles. The zero-order valence-corrected chi connectivity index (χ0v) is 15.1. The molecule has 1 aliphatic carbocycles. The minimum atomic E-state index is -1.12. The van der Waals surface area contributed by atoms with Gasteiger partial charge >= 0.3 is 0 Å². The highest BCUT2D eigenvalue weighted by atomic mass is 28.3. The third kappa shape index (κ3) is 5.93. The van der Waals surface area contributed by atoms with Crippen LogP contribution >= 0.6 is 0 Å². The van der Waals surface area contributed by atoms with Crippen LogP contribution in [0.4, 0.5) is 0 Å². The van der Waals surface area contributed by atoms with E-state index < -0.39 is 8.07 Å². The summed E-state index contributed by atoms with van der Waals surface area (Å²) >= 11 is 0. The summed E-state index contributed by atoms with van der Waals surface area (Å²) in [7, 11) is -1.12. The van der Waals surface area contributed by atoms with Crippen LogP contribution in [0.25, 0.3) is 0 Å². The second-order valence-electron chi connectivity index (χ2n) is 8.11. The number of rotatable bonds is 6. The molecular formula is C18H32N2Si. The number of nitrogens with two attached hydrogens (primary N) is 1. The van der Waals surface area contributed by atoms with Gasteiger partial charge in [-0.05, 0) is 24.6 Å². The van der Waals surface area contributed by atoms with E-state index in [-0.39, 0.29) is 5.54 Å². The first-order valence-electron chi connectivity index (χ1n) is 8.42. The zero-order valence-electron chi connectivity index (χ0n) is 14.1. The first-order valence-corrected chi connectivity index (χ1v) is 12.1. The van der Waals surface area contributed by atoms with Gasteiger partial charge in [0.2, 0.25) is 0 Å². The van der Waals surface area contributed by atoms with Crippen LogP contribution in [0.2, 0.25) is 19.6 Å². The molecule has 0 aliphatic heterocycles. The van der Waals surface area contributed by atoms with Gasteiger partial charge in [0.05, 0.1) is 8.07 Å². The molecule has 1 fully saturated rings. The Kier molecular flexibility index (Phi) is 5.64. The van der Waals surface area contributed by atoms with Crippen LogP contribution < -0.4 is 5.73 Å². The lowest BCUT2D eigenvalue weighted by Crippen LogP contribution is -2.53. The maximum absolute atomic E-state index is 6.71. The molecule has 0 amide bonds. The lowest BCUT2D eigenvalue weighted by atomic mass is 9.82. The van der Waals surface area contributed by atoms with Gasteiger partial charge in [-0.1, -0.05) is 69.2 Å². The van der Waals surface area contributed by atoms with Gasteiger partial charge in [-0.25, -0.2) is 0 Å². The van der Waals surface area contributed by atoms with Crippen molar-refractivity contribution in [3.8, 4) is 0 Å². The van der Waals surface area contributed by atoms with Crippen molar-refractivity contribution in [2.24, 2.45) is 5.73 Å². The van der Waals surface area contributed by atoms with Gasteiger partial charge in [-0.3, -0.25) is 0 Å². The van der Waals surface area contributed by atoms with Gasteiger partial charge in [0, 0.05) is 18.6 Å². The van der Waals surface area contributed by atoms with E-state index in [1.54, 1.807) is 0 Å². The van der Waals surface area contributed by atoms with Gasteiger partial charge in [0.15, 0.2) is 0 Å². The second kappa shape index (κ2) is 7.08. The molecule has 0 aromatic heterocycles. The first kappa shape index (κ1) is 16.7. The van der Waals surface area contributed by atoms with Gasteiger partial charge in [-0.15, -0.1) is 0 Å². The van der Waals surface area contributed by atoms with Gasteiger partial charge in [0.25, 0.3) is 0 Å². The molecule has 2 rings (SSSR count). The summed E-state index contributed by atoms with van der Waals surface area (Å²) in [4.78, 5) is 2.63. The molecule has 21 heavy (non-hydrogen) atoms. The molecule has 0 spiro atoms. The van der Waals surface area contributed by atoms with Crippen molar-refractivity contribution in [2.45, 2.75) is 63.8 Å². The molecule has 2 nitrogen and oxygen atoms in total. The Bertz CT molecular complexity index is 419. The zero-order chi connectivity index (χ0) is 15.3. The third-order valence-electron chi connectivity index (χ3n) is 4.33. The highest BCUT2D eigenvalue weighted by molar-refractivity contribution is 6.76. The molecule has 3 heteroatoms. The van der Waals surface area contributed by atoms with Crippen LogP contribution in [0.3, 0.4) is 0 Å². The van der Waals surface area contributed by atoms with Crippen molar-refractivity contribution >= 4 is 8.07 Å². The predicted molar refractivity (Wildman–Crippen MR) is 95.1 cm³/mol. The Morgan fingerprint density at radius 3 is 2.24 bits per heavy atom. The average molecular weight is 305 g/mol. The largest absolute Gasteiger partial charge is 0.324 e. The van der Waals surface area contributed by atoms with Crippen LogP contribution in [0, 0.1) is 0 Å². The van der Waals surface area contributed by atoms with Crippen LogP contribution in [0.5, 0.6) is 0 Å².